The molecule has 0 bridgehead atoms. The molecule has 2 aromatic rings. The van der Waals surface area contributed by atoms with Gasteiger partial charge in [0.15, 0.2) is 11.5 Å². The average molecular weight is 685 g/mol. The number of phenols is 1. The van der Waals surface area contributed by atoms with Crippen LogP contribution in [-0.2, 0) is 35.1 Å². The van der Waals surface area contributed by atoms with Gasteiger partial charge in [-0.05, 0) is 80.1 Å². The Morgan fingerprint density at radius 2 is 1.80 bits per heavy atom. The van der Waals surface area contributed by atoms with Gasteiger partial charge in [0.2, 0.25) is 17.7 Å². The summed E-state index contributed by atoms with van der Waals surface area (Å²) in [6.45, 7) is 5.34. The summed E-state index contributed by atoms with van der Waals surface area (Å²) in [6, 6.07) is 11.6. The van der Waals surface area contributed by atoms with Gasteiger partial charge in [-0.25, -0.2) is 4.79 Å². The second-order valence-corrected chi connectivity index (χ2v) is 12.1. The van der Waals surface area contributed by atoms with Gasteiger partial charge in [-0.1, -0.05) is 48.0 Å². The van der Waals surface area contributed by atoms with Crippen LogP contribution in [-0.4, -0.2) is 66.0 Å². The van der Waals surface area contributed by atoms with E-state index >= 15 is 0 Å². The fraction of sp³-hybridized carbons (Fsp3) is 0.412. The van der Waals surface area contributed by atoms with E-state index in [1.165, 1.54) is 25.1 Å². The molecule has 0 aliphatic carbocycles. The number of ether oxygens (including phenoxy) is 2. The van der Waals surface area contributed by atoms with Gasteiger partial charge in [0.25, 0.3) is 0 Å². The van der Waals surface area contributed by atoms with Crippen molar-refractivity contribution in [3.8, 4) is 5.75 Å². The van der Waals surface area contributed by atoms with E-state index in [-0.39, 0.29) is 36.0 Å². The summed E-state index contributed by atoms with van der Waals surface area (Å²) in [7, 11) is 2.87. The van der Waals surface area contributed by atoms with Crippen molar-refractivity contribution in [2.45, 2.75) is 77.5 Å². The fourth-order valence-electron chi connectivity index (χ4n) is 4.95. The number of rotatable bonds is 4. The van der Waals surface area contributed by atoms with E-state index in [1.807, 2.05) is 13.0 Å². The van der Waals surface area contributed by atoms with Crippen LogP contribution in [0.1, 0.15) is 64.0 Å². The summed E-state index contributed by atoms with van der Waals surface area (Å²) in [5.74, 6) is -2.09. The Kier molecular flexibility index (Phi) is 13.2. The third-order valence-electron chi connectivity index (χ3n) is 7.58. The Balaban J connectivity index is 2.09. The number of phenolic OH excluding ortho intramolecular Hbond substituents is 1. The minimum atomic E-state index is -1.13. The van der Waals surface area contributed by atoms with Crippen molar-refractivity contribution in [1.82, 2.24) is 15.5 Å². The van der Waals surface area contributed by atoms with Crippen LogP contribution < -0.4 is 10.6 Å². The molecule has 3 N–H and O–H groups in total. The van der Waals surface area contributed by atoms with E-state index in [4.69, 9.17) is 9.47 Å². The number of nitrogens with zero attached hydrogens (tertiary/aromatic N) is 1. The van der Waals surface area contributed by atoms with Crippen molar-refractivity contribution in [3.05, 3.63) is 81.5 Å². The first-order valence-corrected chi connectivity index (χ1v) is 15.7. The molecular formula is C34H42BrN3O7. The van der Waals surface area contributed by atoms with Gasteiger partial charge in [0, 0.05) is 25.5 Å². The van der Waals surface area contributed by atoms with E-state index < -0.39 is 36.0 Å². The number of halogens is 1. The number of methoxy groups -OCH3 is 1. The molecule has 0 saturated heterocycles. The Morgan fingerprint density at radius 1 is 1.09 bits per heavy atom. The first kappa shape index (κ1) is 35.4. The molecule has 0 fully saturated rings. The molecule has 11 heteroatoms. The van der Waals surface area contributed by atoms with E-state index in [9.17, 15) is 24.3 Å². The highest BCUT2D eigenvalue weighted by Crippen LogP contribution is 2.26. The molecule has 3 amide bonds. The normalized spacial score (nSPS) is 23.7. The van der Waals surface area contributed by atoms with Gasteiger partial charge in [-0.3, -0.25) is 14.4 Å². The maximum atomic E-state index is 14.1. The number of aromatic hydroxyl groups is 1. The molecule has 3 rings (SSSR count). The second-order valence-electron chi connectivity index (χ2n) is 11.2. The molecule has 1 aliphatic rings. The summed E-state index contributed by atoms with van der Waals surface area (Å²) < 4.78 is 11.9. The second kappa shape index (κ2) is 16.8. The number of amides is 3. The minimum absolute atomic E-state index is 0.0181. The van der Waals surface area contributed by atoms with Crippen LogP contribution in [0.3, 0.4) is 0 Å². The van der Waals surface area contributed by atoms with E-state index in [1.54, 1.807) is 50.2 Å². The summed E-state index contributed by atoms with van der Waals surface area (Å²) in [4.78, 5) is 55.3. The lowest BCUT2D eigenvalue weighted by Gasteiger charge is -2.30. The molecule has 0 aromatic heterocycles. The molecule has 0 spiro atoms. The van der Waals surface area contributed by atoms with Crippen LogP contribution in [0, 0.1) is 0 Å². The quantitative estimate of drug-likeness (QED) is 0.179. The largest absolute Gasteiger partial charge is 0.507 e. The van der Waals surface area contributed by atoms with Gasteiger partial charge in [0.1, 0.15) is 17.8 Å². The molecule has 10 nitrogen and oxygen atoms in total. The highest BCUT2D eigenvalue weighted by Gasteiger charge is 2.33. The first-order valence-electron chi connectivity index (χ1n) is 15.0. The number of nitrogens with one attached hydrogen (secondary N) is 2. The fourth-order valence-corrected chi connectivity index (χ4v) is 5.37. The number of benzene rings is 2. The van der Waals surface area contributed by atoms with Gasteiger partial charge in [-0.15, -0.1) is 0 Å². The zero-order chi connectivity index (χ0) is 33.1. The van der Waals surface area contributed by atoms with Gasteiger partial charge in [0.05, 0.1) is 17.7 Å². The van der Waals surface area contributed by atoms with E-state index in [2.05, 4.69) is 32.6 Å². The van der Waals surface area contributed by atoms with E-state index in [0.717, 1.165) is 5.57 Å². The number of hydrogen-bond donors (Lipinski definition) is 3. The monoisotopic (exact) mass is 683 g/mol. The van der Waals surface area contributed by atoms with Crippen molar-refractivity contribution < 1.29 is 33.8 Å². The molecule has 1 heterocycles. The smallest absolute Gasteiger partial charge is 0.359 e. The summed E-state index contributed by atoms with van der Waals surface area (Å²) in [5, 5.41) is 15.5. The molecule has 0 radical (unpaired) electrons. The highest BCUT2D eigenvalue weighted by molar-refractivity contribution is 9.10. The van der Waals surface area contributed by atoms with Crippen molar-refractivity contribution in [1.29, 1.82) is 0 Å². The summed E-state index contributed by atoms with van der Waals surface area (Å²) in [6.07, 6.45) is 4.40. The van der Waals surface area contributed by atoms with Crippen LogP contribution in [0.4, 0.5) is 0 Å². The van der Waals surface area contributed by atoms with Crippen LogP contribution in [0.25, 0.3) is 5.76 Å². The first-order chi connectivity index (χ1) is 21.4. The zero-order valence-corrected chi connectivity index (χ0v) is 28.0. The third kappa shape index (κ3) is 10.2. The third-order valence-corrected chi connectivity index (χ3v) is 8.22. The number of cyclic esters (lactones) is 1. The maximum Gasteiger partial charge on any atom is 0.359 e. The topological polar surface area (TPSA) is 134 Å². The number of esters is 1. The number of carbonyl (C=O) groups excluding carboxylic acids is 4. The van der Waals surface area contributed by atoms with Crippen LogP contribution in [0.5, 0.6) is 5.75 Å². The summed E-state index contributed by atoms with van der Waals surface area (Å²) in [5.41, 5.74) is 2.08. The number of hydrogen-bond acceptors (Lipinski definition) is 7. The Bertz CT molecular complexity index is 1440. The predicted octanol–water partition coefficient (Wildman–Crippen LogP) is 5.00. The highest BCUT2D eigenvalue weighted by atomic mass is 79.9. The zero-order valence-electron chi connectivity index (χ0n) is 26.4. The van der Waals surface area contributed by atoms with Crippen molar-refractivity contribution in [2.24, 2.45) is 0 Å². The lowest BCUT2D eigenvalue weighted by atomic mass is 10.0. The molecule has 3 atom stereocenters. The standard InChI is InChI=1S/C34H42BrN3O7/c1-21-11-9-10-14-29(40)36-23(3)33(42)38(4)27(20-24-17-18-28(39)26(35)19-24)32(41)37-30(34(43)45-22(2)16-15-21)31(44-5)25-12-7-6-8-13-25/h6-8,11-13,17-19,22-23,27,39H,9-10,14-16,20H2,1-5H3,(H,36,40)(H,37,41)/b21-11+,31-30+/t22-,23-,27+/m0/s1. The molecule has 1 aliphatic heterocycles. The van der Waals surface area contributed by atoms with Crippen molar-refractivity contribution in [2.75, 3.05) is 14.2 Å². The molecule has 45 heavy (non-hydrogen) atoms. The Hall–Kier alpha value is -4.12. The van der Waals surface area contributed by atoms with Crippen molar-refractivity contribution in [3.63, 3.8) is 0 Å². The van der Waals surface area contributed by atoms with Crippen molar-refractivity contribution >= 4 is 45.4 Å². The average Bonchev–Trinajstić information content (AvgIpc) is 3.01. The maximum absolute atomic E-state index is 14.1. The van der Waals surface area contributed by atoms with Gasteiger partial charge in [-0.2, -0.15) is 0 Å². The van der Waals surface area contributed by atoms with E-state index in [0.29, 0.717) is 41.3 Å². The number of allylic oxidation sites excluding steroid dienone is 2. The minimum Gasteiger partial charge on any atom is -0.507 e. The lowest BCUT2D eigenvalue weighted by Crippen LogP contribution is -2.54. The Morgan fingerprint density at radius 3 is 2.47 bits per heavy atom. The molecule has 242 valence electrons. The lowest BCUT2D eigenvalue weighted by molar-refractivity contribution is -0.146. The van der Waals surface area contributed by atoms with Crippen LogP contribution >= 0.6 is 15.9 Å². The SMILES string of the molecule is CO/C(=C1/NC(=O)[C@@H](Cc2ccc(O)c(Br)c2)N(C)C(=O)[C@H](C)NC(=O)CCC/C=C(\C)CC[C@H](C)OC1=O)c1ccccc1. The number of carbonyl (C=O) groups is 4. The molecule has 0 unspecified atom stereocenters. The molecule has 0 saturated carbocycles. The summed E-state index contributed by atoms with van der Waals surface area (Å²) >= 11 is 3.30. The molecule has 2 aromatic carbocycles. The predicted molar refractivity (Wildman–Crippen MR) is 175 cm³/mol. The van der Waals surface area contributed by atoms with Gasteiger partial charge >= 0.3 is 5.97 Å². The van der Waals surface area contributed by atoms with Gasteiger partial charge < -0.3 is 30.1 Å². The Labute approximate surface area is 273 Å². The van der Waals surface area contributed by atoms with Crippen LogP contribution in [0.15, 0.2) is 70.3 Å². The van der Waals surface area contributed by atoms with Crippen LogP contribution in [0.2, 0.25) is 0 Å². The number of likely N-dealkylation sites (N-methyl/N-ethyl adjacent to an activating group) is 1. The molecular weight excluding hydrogens is 642 g/mol.